The average Bonchev–Trinajstić information content (AvgIpc) is 2.88. The van der Waals surface area contributed by atoms with Gasteiger partial charge in [-0.3, -0.25) is 0 Å². The molecule has 0 radical (unpaired) electrons. The minimum atomic E-state index is 0.330. The number of fused-ring (bicyclic) bond motifs is 5. The Bertz CT molecular complexity index is 546. The van der Waals surface area contributed by atoms with Crippen molar-refractivity contribution in [2.24, 2.45) is 29.6 Å². The first-order valence-electron chi connectivity index (χ1n) is 7.28. The summed E-state index contributed by atoms with van der Waals surface area (Å²) in [4.78, 5) is 0.330. The number of hydrogen-bond donors (Lipinski definition) is 0. The minimum absolute atomic E-state index is 0.330. The third-order valence-electron chi connectivity index (χ3n) is 5.70. The number of alkyl halides is 1. The van der Waals surface area contributed by atoms with Crippen molar-refractivity contribution >= 4 is 39.1 Å². The lowest BCUT2D eigenvalue weighted by atomic mass is 9.97. The van der Waals surface area contributed by atoms with E-state index < -0.39 is 0 Å². The first-order valence-corrected chi connectivity index (χ1v) is 8.96. The van der Waals surface area contributed by atoms with Gasteiger partial charge in [-0.05, 0) is 60.5 Å². The molecule has 5 atom stereocenters. The Morgan fingerprint density at radius 3 is 2.40 bits per heavy atom. The highest BCUT2D eigenvalue weighted by atomic mass is 79.9. The van der Waals surface area contributed by atoms with Gasteiger partial charge in [0, 0.05) is 15.9 Å². The zero-order chi connectivity index (χ0) is 14.0. The van der Waals surface area contributed by atoms with Gasteiger partial charge in [0.15, 0.2) is 0 Å². The molecule has 20 heavy (non-hydrogen) atoms. The van der Waals surface area contributed by atoms with Crippen LogP contribution in [0.5, 0.6) is 5.75 Å². The van der Waals surface area contributed by atoms with Gasteiger partial charge < -0.3 is 4.74 Å². The standard InChI is InChI=1S/C16H17BrCl2O/c1-20-12-6-10(18)9(5-11(12)19)16(17)15-13-7-2-3-8(4-7)14(13)15/h5-8,13-16H,2-4H2,1H3. The van der Waals surface area contributed by atoms with Gasteiger partial charge in [0.05, 0.1) is 12.1 Å². The summed E-state index contributed by atoms with van der Waals surface area (Å²) in [5.74, 6) is 5.20. The fourth-order valence-electron chi connectivity index (χ4n) is 4.90. The van der Waals surface area contributed by atoms with Crippen LogP contribution in [-0.4, -0.2) is 7.11 Å². The van der Waals surface area contributed by atoms with Crippen molar-refractivity contribution in [3.63, 3.8) is 0 Å². The van der Waals surface area contributed by atoms with Crippen LogP contribution in [0.2, 0.25) is 10.0 Å². The maximum atomic E-state index is 6.42. The third kappa shape index (κ3) is 1.87. The smallest absolute Gasteiger partial charge is 0.138 e. The Morgan fingerprint density at radius 1 is 1.15 bits per heavy atom. The maximum absolute atomic E-state index is 6.42. The summed E-state index contributed by atoms with van der Waals surface area (Å²) in [5, 5.41) is 1.40. The van der Waals surface area contributed by atoms with Crippen molar-refractivity contribution in [3.8, 4) is 5.75 Å². The molecule has 3 saturated carbocycles. The summed E-state index contributed by atoms with van der Waals surface area (Å²) in [5.41, 5.74) is 1.12. The van der Waals surface area contributed by atoms with E-state index in [1.165, 1.54) is 19.3 Å². The fourth-order valence-corrected chi connectivity index (χ4v) is 6.64. The van der Waals surface area contributed by atoms with Crippen molar-refractivity contribution in [2.75, 3.05) is 7.11 Å². The van der Waals surface area contributed by atoms with E-state index in [9.17, 15) is 0 Å². The molecule has 0 saturated heterocycles. The van der Waals surface area contributed by atoms with Gasteiger partial charge in [0.25, 0.3) is 0 Å². The minimum Gasteiger partial charge on any atom is -0.495 e. The van der Waals surface area contributed by atoms with Gasteiger partial charge in [-0.1, -0.05) is 39.1 Å². The first-order chi connectivity index (χ1) is 9.61. The number of methoxy groups -OCH3 is 1. The quantitative estimate of drug-likeness (QED) is 0.613. The Hall–Kier alpha value is 0.0800. The Balaban J connectivity index is 1.61. The highest BCUT2D eigenvalue weighted by Crippen LogP contribution is 2.73. The number of ether oxygens (including phenoxy) is 1. The number of rotatable bonds is 3. The Labute approximate surface area is 138 Å². The summed E-state index contributed by atoms with van der Waals surface area (Å²) < 4.78 is 5.22. The molecule has 0 amide bonds. The molecule has 0 heterocycles. The van der Waals surface area contributed by atoms with Gasteiger partial charge in [-0.25, -0.2) is 0 Å². The Morgan fingerprint density at radius 2 is 1.80 bits per heavy atom. The molecule has 4 rings (SSSR count). The molecular formula is C16H17BrCl2O. The predicted octanol–water partition coefficient (Wildman–Crippen LogP) is 5.73. The summed E-state index contributed by atoms with van der Waals surface area (Å²) >= 11 is 16.6. The second-order valence-electron chi connectivity index (χ2n) is 6.48. The van der Waals surface area contributed by atoms with Crippen molar-refractivity contribution in [2.45, 2.75) is 24.1 Å². The topological polar surface area (TPSA) is 9.23 Å². The van der Waals surface area contributed by atoms with Crippen LogP contribution in [0.15, 0.2) is 12.1 Å². The molecular weight excluding hydrogens is 359 g/mol. The van der Waals surface area contributed by atoms with Crippen LogP contribution in [0, 0.1) is 29.6 Å². The molecule has 2 bridgehead atoms. The fraction of sp³-hybridized carbons (Fsp3) is 0.625. The van der Waals surface area contributed by atoms with E-state index in [2.05, 4.69) is 15.9 Å². The van der Waals surface area contributed by atoms with Crippen LogP contribution >= 0.6 is 39.1 Å². The van der Waals surface area contributed by atoms with Crippen LogP contribution in [0.25, 0.3) is 0 Å². The van der Waals surface area contributed by atoms with E-state index >= 15 is 0 Å². The van der Waals surface area contributed by atoms with Crippen LogP contribution < -0.4 is 4.74 Å². The maximum Gasteiger partial charge on any atom is 0.138 e. The molecule has 0 aliphatic heterocycles. The molecule has 3 aliphatic rings. The lowest BCUT2D eigenvalue weighted by molar-refractivity contribution is 0.414. The number of benzene rings is 1. The van der Waals surface area contributed by atoms with E-state index in [4.69, 9.17) is 27.9 Å². The SMILES string of the molecule is COc1cc(Cl)c(C(Br)C2C3C4CCC(C4)C32)cc1Cl. The Kier molecular flexibility index (Phi) is 3.29. The monoisotopic (exact) mass is 374 g/mol. The molecule has 5 unspecified atom stereocenters. The molecule has 0 aromatic heterocycles. The average molecular weight is 376 g/mol. The second-order valence-corrected chi connectivity index (χ2v) is 8.28. The van der Waals surface area contributed by atoms with Gasteiger partial charge in [0.2, 0.25) is 0 Å². The normalized spacial score (nSPS) is 38.7. The summed E-state index contributed by atoms with van der Waals surface area (Å²) in [7, 11) is 1.62. The summed E-state index contributed by atoms with van der Waals surface area (Å²) in [6.45, 7) is 0. The first kappa shape index (κ1) is 13.7. The van der Waals surface area contributed by atoms with Gasteiger partial charge >= 0.3 is 0 Å². The van der Waals surface area contributed by atoms with Crippen molar-refractivity contribution in [1.29, 1.82) is 0 Å². The zero-order valence-corrected chi connectivity index (χ0v) is 14.4. The predicted molar refractivity (Wildman–Crippen MR) is 86.0 cm³/mol. The molecule has 1 aromatic carbocycles. The highest BCUT2D eigenvalue weighted by Gasteiger charge is 2.66. The van der Waals surface area contributed by atoms with Crippen molar-refractivity contribution in [1.82, 2.24) is 0 Å². The largest absolute Gasteiger partial charge is 0.495 e. The van der Waals surface area contributed by atoms with Gasteiger partial charge in [-0.2, -0.15) is 0 Å². The summed E-state index contributed by atoms with van der Waals surface area (Å²) in [6.07, 6.45) is 4.36. The van der Waals surface area contributed by atoms with E-state index in [0.29, 0.717) is 15.6 Å². The van der Waals surface area contributed by atoms with Crippen LogP contribution in [0.4, 0.5) is 0 Å². The number of halogens is 3. The molecule has 108 valence electrons. The zero-order valence-electron chi connectivity index (χ0n) is 11.3. The molecule has 0 N–H and O–H groups in total. The third-order valence-corrected chi connectivity index (χ3v) is 7.43. The van der Waals surface area contributed by atoms with E-state index in [0.717, 1.165) is 40.2 Å². The van der Waals surface area contributed by atoms with Crippen LogP contribution in [-0.2, 0) is 0 Å². The summed E-state index contributed by atoms with van der Waals surface area (Å²) in [6, 6.07) is 3.80. The van der Waals surface area contributed by atoms with Crippen molar-refractivity contribution in [3.05, 3.63) is 27.7 Å². The lowest BCUT2D eigenvalue weighted by Crippen LogP contribution is -2.04. The van der Waals surface area contributed by atoms with E-state index in [1.54, 1.807) is 7.11 Å². The molecule has 1 aromatic rings. The van der Waals surface area contributed by atoms with Crippen LogP contribution in [0.1, 0.15) is 29.7 Å². The molecule has 0 spiro atoms. The molecule has 3 aliphatic carbocycles. The highest BCUT2D eigenvalue weighted by molar-refractivity contribution is 9.09. The van der Waals surface area contributed by atoms with Gasteiger partial charge in [0.1, 0.15) is 5.75 Å². The van der Waals surface area contributed by atoms with Gasteiger partial charge in [-0.15, -0.1) is 0 Å². The second kappa shape index (κ2) is 4.79. The molecule has 4 heteroatoms. The molecule has 1 nitrogen and oxygen atoms in total. The lowest BCUT2D eigenvalue weighted by Gasteiger charge is -2.17. The van der Waals surface area contributed by atoms with E-state index in [1.807, 2.05) is 12.1 Å². The van der Waals surface area contributed by atoms with Crippen LogP contribution in [0.3, 0.4) is 0 Å². The van der Waals surface area contributed by atoms with Crippen molar-refractivity contribution < 1.29 is 4.74 Å². The number of hydrogen-bond acceptors (Lipinski definition) is 1. The van der Waals surface area contributed by atoms with E-state index in [-0.39, 0.29) is 0 Å². The molecule has 3 fully saturated rings.